The van der Waals surface area contributed by atoms with Crippen LogP contribution in [0.2, 0.25) is 0 Å². The van der Waals surface area contributed by atoms with Crippen LogP contribution < -0.4 is 14.4 Å². The van der Waals surface area contributed by atoms with Crippen molar-refractivity contribution in [3.8, 4) is 0 Å². The van der Waals surface area contributed by atoms with Gasteiger partial charge in [0.1, 0.15) is 11.9 Å². The third kappa shape index (κ3) is 8.16. The predicted molar refractivity (Wildman–Crippen MR) is 172 cm³/mol. The van der Waals surface area contributed by atoms with Crippen LogP contribution in [0.4, 0.5) is 27.9 Å². The number of aryl methyl sites for hydroxylation is 1. The van der Waals surface area contributed by atoms with E-state index in [9.17, 15) is 0 Å². The SMILES string of the molecule is CCN1C=CSC1N=Nc1ccc(N2CCCCC2)cc1.CC[n+]1ccsc1N=Nc1ccc(N2CCCC2)cc1. The lowest BCUT2D eigenvalue weighted by atomic mass is 10.1. The van der Waals surface area contributed by atoms with Crippen LogP contribution in [0.5, 0.6) is 0 Å². The molecule has 0 N–H and O–H groups in total. The van der Waals surface area contributed by atoms with Crippen LogP contribution in [-0.2, 0) is 6.54 Å². The minimum atomic E-state index is 0.0942. The summed E-state index contributed by atoms with van der Waals surface area (Å²) in [5.74, 6) is 0. The predicted octanol–water partition coefficient (Wildman–Crippen LogP) is 8.66. The average Bonchev–Trinajstić information content (AvgIpc) is 3.83. The van der Waals surface area contributed by atoms with Crippen molar-refractivity contribution in [1.82, 2.24) is 4.90 Å². The van der Waals surface area contributed by atoms with Gasteiger partial charge in [-0.3, -0.25) is 0 Å². The Hall–Kier alpha value is -3.24. The second-order valence-electron chi connectivity index (χ2n) is 10.2. The number of anilines is 2. The Balaban J connectivity index is 0.000000165. The molecular formula is C31H41N8S2+. The van der Waals surface area contributed by atoms with Gasteiger partial charge in [-0.15, -0.1) is 0 Å². The van der Waals surface area contributed by atoms with Crippen molar-refractivity contribution in [2.45, 2.75) is 58.0 Å². The number of rotatable bonds is 8. The first-order valence-electron chi connectivity index (χ1n) is 14.8. The molecule has 0 amide bonds. The number of benzene rings is 2. The number of hydrogen-bond donors (Lipinski definition) is 0. The van der Waals surface area contributed by atoms with Crippen molar-refractivity contribution in [3.63, 3.8) is 0 Å². The van der Waals surface area contributed by atoms with E-state index in [4.69, 9.17) is 0 Å². The molecule has 2 fully saturated rings. The molecule has 6 rings (SSSR count). The van der Waals surface area contributed by atoms with E-state index in [1.165, 1.54) is 69.7 Å². The van der Waals surface area contributed by atoms with Crippen molar-refractivity contribution < 1.29 is 4.57 Å². The quantitative estimate of drug-likeness (QED) is 0.195. The van der Waals surface area contributed by atoms with Gasteiger partial charge in [-0.25, -0.2) is 4.57 Å². The van der Waals surface area contributed by atoms with Gasteiger partial charge < -0.3 is 14.7 Å². The Morgan fingerprint density at radius 2 is 1.34 bits per heavy atom. The van der Waals surface area contributed by atoms with Crippen LogP contribution >= 0.6 is 23.1 Å². The zero-order valence-corrected chi connectivity index (χ0v) is 25.8. The van der Waals surface area contributed by atoms with E-state index >= 15 is 0 Å². The maximum Gasteiger partial charge on any atom is 0.408 e. The lowest BCUT2D eigenvalue weighted by molar-refractivity contribution is -0.676. The van der Waals surface area contributed by atoms with E-state index in [-0.39, 0.29) is 5.50 Å². The molecule has 8 nitrogen and oxygen atoms in total. The minimum absolute atomic E-state index is 0.0942. The van der Waals surface area contributed by atoms with Crippen LogP contribution in [0.25, 0.3) is 0 Å². The molecule has 0 bridgehead atoms. The number of thioether (sulfide) groups is 1. The molecule has 4 heterocycles. The maximum atomic E-state index is 4.43. The zero-order chi connectivity index (χ0) is 28.3. The Bertz CT molecular complexity index is 1290. The summed E-state index contributed by atoms with van der Waals surface area (Å²) in [5.41, 5.74) is 4.53. The normalized spacial score (nSPS) is 19.0. The van der Waals surface area contributed by atoms with E-state index in [2.05, 4.69) is 102 Å². The lowest BCUT2D eigenvalue weighted by Crippen LogP contribution is -2.29. The highest BCUT2D eigenvalue weighted by molar-refractivity contribution is 8.02. The standard InChI is InChI=1S/C16H22N4S.C15H19N4S/c1-2-19-12-13-21-16(19)18-17-14-6-8-15(9-7-14)20-10-4-3-5-11-20;1-2-18-11-12-20-15(18)17-16-13-5-7-14(8-6-13)19-9-3-4-10-19/h6-9,12-13,16H,2-5,10-11H2,1H3;5-8,11-12H,2-4,9-10H2,1H3/q;+1. The fourth-order valence-corrected chi connectivity index (χ4v) is 6.70. The third-order valence-corrected chi connectivity index (χ3v) is 9.19. The van der Waals surface area contributed by atoms with E-state index in [0.717, 1.165) is 29.6 Å². The Morgan fingerprint density at radius 3 is 1.93 bits per heavy atom. The van der Waals surface area contributed by atoms with Crippen molar-refractivity contribution >= 4 is 51.0 Å². The molecule has 2 aromatic carbocycles. The fraction of sp³-hybridized carbons (Fsp3) is 0.452. The molecule has 3 aliphatic rings. The molecule has 3 aromatic rings. The summed E-state index contributed by atoms with van der Waals surface area (Å²) in [4.78, 5) is 7.06. The molecule has 0 aliphatic carbocycles. The van der Waals surface area contributed by atoms with E-state index < -0.39 is 0 Å². The monoisotopic (exact) mass is 589 g/mol. The van der Waals surface area contributed by atoms with Crippen molar-refractivity contribution in [3.05, 3.63) is 71.7 Å². The number of thiazole rings is 1. The molecule has 0 radical (unpaired) electrons. The van der Waals surface area contributed by atoms with Crippen molar-refractivity contribution in [1.29, 1.82) is 0 Å². The molecule has 2 saturated heterocycles. The summed E-state index contributed by atoms with van der Waals surface area (Å²) in [5, 5.41) is 22.5. The zero-order valence-electron chi connectivity index (χ0n) is 24.2. The van der Waals surface area contributed by atoms with Gasteiger partial charge >= 0.3 is 5.13 Å². The van der Waals surface area contributed by atoms with E-state index in [1.807, 2.05) is 23.7 Å². The Morgan fingerprint density at radius 1 is 0.756 bits per heavy atom. The number of piperidine rings is 1. The summed E-state index contributed by atoms with van der Waals surface area (Å²) in [6, 6.07) is 16.8. The number of hydrogen-bond acceptors (Lipinski definition) is 9. The van der Waals surface area contributed by atoms with E-state index in [1.54, 1.807) is 23.1 Å². The first-order chi connectivity index (χ1) is 20.2. The lowest BCUT2D eigenvalue weighted by Gasteiger charge is -2.28. The van der Waals surface area contributed by atoms with Crippen LogP contribution in [0, 0.1) is 0 Å². The number of nitrogens with zero attached hydrogens (tertiary/aromatic N) is 8. The van der Waals surface area contributed by atoms with Crippen LogP contribution in [0.1, 0.15) is 46.0 Å². The average molecular weight is 590 g/mol. The van der Waals surface area contributed by atoms with Gasteiger partial charge in [-0.1, -0.05) is 11.8 Å². The van der Waals surface area contributed by atoms with Gasteiger partial charge in [0, 0.05) is 55.7 Å². The molecule has 1 atom stereocenters. The summed E-state index contributed by atoms with van der Waals surface area (Å²) >= 11 is 3.31. The molecule has 41 heavy (non-hydrogen) atoms. The van der Waals surface area contributed by atoms with Crippen molar-refractivity contribution in [2.24, 2.45) is 20.5 Å². The molecule has 3 aliphatic heterocycles. The minimum Gasteiger partial charge on any atom is -0.372 e. The van der Waals surface area contributed by atoms with Crippen molar-refractivity contribution in [2.75, 3.05) is 42.5 Å². The summed E-state index contributed by atoms with van der Waals surface area (Å²) in [6.07, 6.45) is 10.7. The number of azo groups is 2. The highest BCUT2D eigenvalue weighted by atomic mass is 32.2. The number of aromatic nitrogens is 1. The summed E-state index contributed by atoms with van der Waals surface area (Å²) in [7, 11) is 0. The second-order valence-corrected chi connectivity index (χ2v) is 12.1. The van der Waals surface area contributed by atoms with Gasteiger partial charge in [-0.05, 0) is 116 Å². The van der Waals surface area contributed by atoms with Gasteiger partial charge in [0.2, 0.25) is 0 Å². The molecule has 0 spiro atoms. The molecule has 0 saturated carbocycles. The van der Waals surface area contributed by atoms with E-state index in [0.29, 0.717) is 0 Å². The Kier molecular flexibility index (Phi) is 10.8. The highest BCUT2D eigenvalue weighted by Gasteiger charge is 2.17. The highest BCUT2D eigenvalue weighted by Crippen LogP contribution is 2.29. The first-order valence-corrected chi connectivity index (χ1v) is 16.6. The van der Waals surface area contributed by atoms with Crippen LogP contribution in [-0.4, -0.2) is 43.1 Å². The van der Waals surface area contributed by atoms with Gasteiger partial charge in [-0.2, -0.15) is 10.2 Å². The third-order valence-electron chi connectivity index (χ3n) is 7.52. The Labute approximate surface area is 252 Å². The van der Waals surface area contributed by atoms with Gasteiger partial charge in [0.15, 0.2) is 5.50 Å². The van der Waals surface area contributed by atoms with Gasteiger partial charge in [0.25, 0.3) is 0 Å². The molecular weight excluding hydrogens is 549 g/mol. The molecule has 1 aromatic heterocycles. The molecule has 216 valence electrons. The fourth-order valence-electron chi connectivity index (χ4n) is 5.11. The summed E-state index contributed by atoms with van der Waals surface area (Å²) in [6.45, 7) is 10.8. The smallest absolute Gasteiger partial charge is 0.372 e. The summed E-state index contributed by atoms with van der Waals surface area (Å²) < 4.78 is 2.09. The second kappa shape index (κ2) is 15.1. The van der Waals surface area contributed by atoms with Crippen LogP contribution in [0.15, 0.2) is 92.2 Å². The van der Waals surface area contributed by atoms with Gasteiger partial charge in [0.05, 0.1) is 17.3 Å². The topological polar surface area (TPSA) is 63.0 Å². The molecule has 10 heteroatoms. The maximum absolute atomic E-state index is 4.43. The molecule has 1 unspecified atom stereocenters. The van der Waals surface area contributed by atoms with Crippen LogP contribution in [0.3, 0.4) is 0 Å². The largest absolute Gasteiger partial charge is 0.408 e. The first kappa shape index (κ1) is 29.3.